The van der Waals surface area contributed by atoms with Crippen molar-refractivity contribution >= 4 is 17.8 Å². The minimum atomic E-state index is 0.285. The number of aromatic amines is 1. The van der Waals surface area contributed by atoms with Gasteiger partial charge in [0.25, 0.3) is 4.84 Å². The molecule has 0 unspecified atom stereocenters. The average molecular weight is 142 g/mol. The predicted molar refractivity (Wildman–Crippen MR) is 36.4 cm³/mol. The highest BCUT2D eigenvalue weighted by molar-refractivity contribution is 7.71. The normalized spacial score (nSPS) is 9.44. The molecular formula is C5H6N2OS. The van der Waals surface area contributed by atoms with Crippen LogP contribution in [0.25, 0.3) is 5.57 Å². The number of H-pyrrole nitrogens is 1. The molecule has 9 heavy (non-hydrogen) atoms. The smallest absolute Gasteiger partial charge is 0.284 e. The van der Waals surface area contributed by atoms with Crippen molar-refractivity contribution in [2.24, 2.45) is 0 Å². The standard InChI is InChI=1S/C5H6N2OS/c1-3(2)4-6-7-5(9)8-4/h1H2,2H3,(H,7,9). The van der Waals surface area contributed by atoms with Gasteiger partial charge in [-0.1, -0.05) is 6.58 Å². The van der Waals surface area contributed by atoms with Crippen LogP contribution in [0.2, 0.25) is 0 Å². The number of rotatable bonds is 1. The molecule has 48 valence electrons. The molecule has 1 aromatic heterocycles. The molecule has 0 atom stereocenters. The summed E-state index contributed by atoms with van der Waals surface area (Å²) < 4.78 is 4.89. The van der Waals surface area contributed by atoms with Crippen LogP contribution in [0, 0.1) is 4.84 Å². The van der Waals surface area contributed by atoms with E-state index in [1.54, 1.807) is 6.92 Å². The molecule has 0 spiro atoms. The molecule has 0 fully saturated rings. The van der Waals surface area contributed by atoms with E-state index >= 15 is 0 Å². The highest BCUT2D eigenvalue weighted by Crippen LogP contribution is 2.05. The van der Waals surface area contributed by atoms with Crippen molar-refractivity contribution in [3.8, 4) is 0 Å². The molecule has 1 heterocycles. The maximum absolute atomic E-state index is 4.89. The zero-order valence-electron chi connectivity index (χ0n) is 4.97. The van der Waals surface area contributed by atoms with Gasteiger partial charge in [-0.2, -0.15) is 0 Å². The van der Waals surface area contributed by atoms with Gasteiger partial charge in [-0.3, -0.25) is 0 Å². The first kappa shape index (κ1) is 6.22. The van der Waals surface area contributed by atoms with Gasteiger partial charge in [0.15, 0.2) is 0 Å². The topological polar surface area (TPSA) is 41.8 Å². The van der Waals surface area contributed by atoms with Crippen LogP contribution in [-0.4, -0.2) is 10.2 Å². The summed E-state index contributed by atoms with van der Waals surface area (Å²) in [6, 6.07) is 0. The van der Waals surface area contributed by atoms with Crippen LogP contribution < -0.4 is 0 Å². The lowest BCUT2D eigenvalue weighted by molar-refractivity contribution is 0.523. The Bertz CT molecular complexity index is 272. The number of nitrogens with zero attached hydrogens (tertiary/aromatic N) is 1. The van der Waals surface area contributed by atoms with Crippen molar-refractivity contribution in [2.45, 2.75) is 6.92 Å². The second-order valence-electron chi connectivity index (χ2n) is 1.70. The molecule has 1 N–H and O–H groups in total. The summed E-state index contributed by atoms with van der Waals surface area (Å²) in [6.45, 7) is 5.42. The number of aromatic nitrogens is 2. The zero-order chi connectivity index (χ0) is 6.85. The Morgan fingerprint density at radius 2 is 2.56 bits per heavy atom. The molecule has 1 aromatic rings. The monoisotopic (exact) mass is 142 g/mol. The highest BCUT2D eigenvalue weighted by atomic mass is 32.1. The molecule has 0 aromatic carbocycles. The zero-order valence-corrected chi connectivity index (χ0v) is 5.79. The van der Waals surface area contributed by atoms with Crippen molar-refractivity contribution in [1.82, 2.24) is 10.2 Å². The second kappa shape index (κ2) is 2.14. The number of hydrogen-bond acceptors (Lipinski definition) is 3. The first-order valence-corrected chi connectivity index (χ1v) is 2.82. The van der Waals surface area contributed by atoms with Gasteiger partial charge in [0.1, 0.15) is 0 Å². The van der Waals surface area contributed by atoms with Crippen LogP contribution in [0.4, 0.5) is 0 Å². The third-order valence-corrected chi connectivity index (χ3v) is 0.978. The molecule has 0 aliphatic heterocycles. The van der Waals surface area contributed by atoms with Crippen LogP contribution in [0.15, 0.2) is 11.0 Å². The molecule has 0 saturated carbocycles. The molecule has 0 radical (unpaired) electrons. The Balaban J connectivity index is 3.12. The summed E-state index contributed by atoms with van der Waals surface area (Å²) in [7, 11) is 0. The summed E-state index contributed by atoms with van der Waals surface area (Å²) in [5.74, 6) is 0.472. The van der Waals surface area contributed by atoms with E-state index in [2.05, 4.69) is 29.0 Å². The van der Waals surface area contributed by atoms with E-state index in [1.807, 2.05) is 0 Å². The van der Waals surface area contributed by atoms with Crippen LogP contribution in [0.1, 0.15) is 12.8 Å². The third-order valence-electron chi connectivity index (χ3n) is 0.803. The van der Waals surface area contributed by atoms with Crippen molar-refractivity contribution in [3.63, 3.8) is 0 Å². The van der Waals surface area contributed by atoms with E-state index in [1.165, 1.54) is 0 Å². The Labute approximate surface area is 57.4 Å². The summed E-state index contributed by atoms with van der Waals surface area (Å²) in [5, 5.41) is 6.21. The van der Waals surface area contributed by atoms with Gasteiger partial charge in [-0.25, -0.2) is 5.10 Å². The van der Waals surface area contributed by atoms with E-state index in [0.29, 0.717) is 5.89 Å². The quantitative estimate of drug-likeness (QED) is 0.607. The van der Waals surface area contributed by atoms with E-state index in [9.17, 15) is 0 Å². The molecular weight excluding hydrogens is 136 g/mol. The van der Waals surface area contributed by atoms with Gasteiger partial charge >= 0.3 is 0 Å². The fourth-order valence-corrected chi connectivity index (χ4v) is 0.537. The Morgan fingerprint density at radius 3 is 2.78 bits per heavy atom. The van der Waals surface area contributed by atoms with Crippen molar-refractivity contribution < 1.29 is 4.42 Å². The lowest BCUT2D eigenvalue weighted by Gasteiger charge is -1.82. The molecule has 0 aliphatic carbocycles. The third kappa shape index (κ3) is 1.26. The largest absolute Gasteiger partial charge is 0.410 e. The van der Waals surface area contributed by atoms with Crippen LogP contribution in [-0.2, 0) is 0 Å². The van der Waals surface area contributed by atoms with Crippen LogP contribution >= 0.6 is 12.2 Å². The summed E-state index contributed by atoms with van der Waals surface area (Å²) in [6.07, 6.45) is 0. The van der Waals surface area contributed by atoms with Crippen LogP contribution in [0.3, 0.4) is 0 Å². The fourth-order valence-electron chi connectivity index (χ4n) is 0.412. The lowest BCUT2D eigenvalue weighted by atomic mass is 10.4. The predicted octanol–water partition coefficient (Wildman–Crippen LogP) is 1.77. The second-order valence-corrected chi connectivity index (χ2v) is 2.07. The van der Waals surface area contributed by atoms with Gasteiger partial charge in [0, 0.05) is 5.57 Å². The van der Waals surface area contributed by atoms with Crippen molar-refractivity contribution in [1.29, 1.82) is 0 Å². The van der Waals surface area contributed by atoms with Gasteiger partial charge in [-0.15, -0.1) is 5.10 Å². The summed E-state index contributed by atoms with van der Waals surface area (Å²) in [5.41, 5.74) is 0.766. The van der Waals surface area contributed by atoms with Gasteiger partial charge in [-0.05, 0) is 19.1 Å². The maximum Gasteiger partial charge on any atom is 0.284 e. The van der Waals surface area contributed by atoms with Crippen molar-refractivity contribution in [2.75, 3.05) is 0 Å². The van der Waals surface area contributed by atoms with E-state index in [4.69, 9.17) is 4.42 Å². The van der Waals surface area contributed by atoms with Gasteiger partial charge in [0.05, 0.1) is 0 Å². The fraction of sp³-hybridized carbons (Fsp3) is 0.200. The minimum absolute atomic E-state index is 0.285. The number of allylic oxidation sites excluding steroid dienone is 1. The van der Waals surface area contributed by atoms with Gasteiger partial charge < -0.3 is 4.42 Å². The Morgan fingerprint density at radius 1 is 1.89 bits per heavy atom. The summed E-state index contributed by atoms with van der Waals surface area (Å²) >= 11 is 4.63. The molecule has 3 nitrogen and oxygen atoms in total. The highest BCUT2D eigenvalue weighted by Gasteiger charge is 1.96. The van der Waals surface area contributed by atoms with Crippen LogP contribution in [0.5, 0.6) is 0 Å². The molecule has 4 heteroatoms. The van der Waals surface area contributed by atoms with E-state index < -0.39 is 0 Å². The average Bonchev–Trinajstić information content (AvgIpc) is 2.14. The van der Waals surface area contributed by atoms with Gasteiger partial charge in [0.2, 0.25) is 5.89 Å². The molecule has 0 aliphatic rings. The van der Waals surface area contributed by atoms with E-state index in [0.717, 1.165) is 5.57 Å². The van der Waals surface area contributed by atoms with E-state index in [-0.39, 0.29) is 4.84 Å². The molecule has 0 bridgehead atoms. The first-order valence-electron chi connectivity index (χ1n) is 2.41. The molecule has 1 rings (SSSR count). The SMILES string of the molecule is C=C(C)c1n[nH]c(=S)o1. The minimum Gasteiger partial charge on any atom is -0.410 e. The Hall–Kier alpha value is -0.900. The number of nitrogens with one attached hydrogen (secondary N) is 1. The molecule has 0 amide bonds. The Kier molecular flexibility index (Phi) is 1.48. The maximum atomic E-state index is 4.89. The summed E-state index contributed by atoms with van der Waals surface area (Å²) in [4.78, 5) is 0.285. The first-order chi connectivity index (χ1) is 4.20. The van der Waals surface area contributed by atoms with Crippen molar-refractivity contribution in [3.05, 3.63) is 17.3 Å². The lowest BCUT2D eigenvalue weighted by Crippen LogP contribution is -1.74. The number of hydrogen-bond donors (Lipinski definition) is 1. The molecule has 0 saturated heterocycles.